The molecule has 3 heterocycles. The van der Waals surface area contributed by atoms with E-state index in [1.165, 1.54) is 11.3 Å². The van der Waals surface area contributed by atoms with Crippen LogP contribution in [-0.4, -0.2) is 73.0 Å². The van der Waals surface area contributed by atoms with Gasteiger partial charge in [-0.1, -0.05) is 0 Å². The Bertz CT molecular complexity index is 621. The predicted octanol–water partition coefficient (Wildman–Crippen LogP) is 1.67. The first-order valence-corrected chi connectivity index (χ1v) is 9.73. The van der Waals surface area contributed by atoms with Crippen LogP contribution in [-0.2, 0) is 9.53 Å². The number of likely N-dealkylation sites (tertiary alicyclic amines) is 2. The van der Waals surface area contributed by atoms with Gasteiger partial charge in [0.2, 0.25) is 5.91 Å². The fourth-order valence-electron chi connectivity index (χ4n) is 3.85. The molecule has 138 valence electrons. The zero-order valence-electron chi connectivity index (χ0n) is 14.9. The van der Waals surface area contributed by atoms with Gasteiger partial charge < -0.3 is 19.9 Å². The van der Waals surface area contributed by atoms with E-state index in [0.717, 1.165) is 30.9 Å². The van der Waals surface area contributed by atoms with Crippen LogP contribution in [0, 0.1) is 5.92 Å². The number of fused-ring (bicyclic) bond motifs is 1. The molecule has 0 bridgehead atoms. The second kappa shape index (κ2) is 8.14. The fourth-order valence-corrected chi connectivity index (χ4v) is 4.50. The molecule has 0 aliphatic carbocycles. The number of amides is 2. The van der Waals surface area contributed by atoms with Gasteiger partial charge in [0, 0.05) is 58.2 Å². The molecule has 0 aromatic carbocycles. The molecule has 2 saturated heterocycles. The van der Waals surface area contributed by atoms with Crippen LogP contribution >= 0.6 is 11.3 Å². The molecular weight excluding hydrogens is 340 g/mol. The Morgan fingerprint density at radius 1 is 1.48 bits per heavy atom. The van der Waals surface area contributed by atoms with Crippen molar-refractivity contribution in [3.05, 3.63) is 11.1 Å². The average Bonchev–Trinajstić information content (AvgIpc) is 3.12. The number of methoxy groups -OCH3 is 1. The van der Waals surface area contributed by atoms with Crippen molar-refractivity contribution in [3.8, 4) is 0 Å². The topological polar surface area (TPSA) is 74.8 Å². The number of carbonyl (C=O) groups excluding carboxylic acids is 2. The van der Waals surface area contributed by atoms with Gasteiger partial charge in [-0.3, -0.25) is 9.59 Å². The first-order chi connectivity index (χ1) is 12.1. The molecular formula is C17H26N4O3S. The summed E-state index contributed by atoms with van der Waals surface area (Å²) in [7, 11) is 3.48. The number of nitrogens with zero attached hydrogens (tertiary/aromatic N) is 3. The van der Waals surface area contributed by atoms with Crippen molar-refractivity contribution in [3.63, 3.8) is 0 Å². The standard InChI is InChI=1S/C17H26N4O3S/c1-18-17-19-13(11-25-17)16(23)20-8-6-14-12(10-20)4-5-15(22)21(14)7-3-9-24-2/h11-12,14H,3-10H2,1-2H3,(H,18,19)/t12-,14+/m0/s1. The highest BCUT2D eigenvalue weighted by atomic mass is 32.1. The number of piperidine rings is 2. The van der Waals surface area contributed by atoms with Crippen LogP contribution in [0.3, 0.4) is 0 Å². The SMILES string of the molecule is CNc1nc(C(=O)N2CC[C@@H]3[C@@H](CCC(=O)N3CCCOC)C2)cs1. The van der Waals surface area contributed by atoms with E-state index in [1.54, 1.807) is 14.2 Å². The first kappa shape index (κ1) is 18.1. The summed E-state index contributed by atoms with van der Waals surface area (Å²) in [4.78, 5) is 33.3. The third-order valence-electron chi connectivity index (χ3n) is 5.12. The third kappa shape index (κ3) is 3.95. The number of nitrogens with one attached hydrogen (secondary N) is 1. The number of hydrogen-bond acceptors (Lipinski definition) is 6. The van der Waals surface area contributed by atoms with Gasteiger partial charge in [0.15, 0.2) is 5.13 Å². The molecule has 1 aromatic rings. The predicted molar refractivity (Wildman–Crippen MR) is 96.9 cm³/mol. The van der Waals surface area contributed by atoms with Gasteiger partial charge in [0.05, 0.1) is 0 Å². The molecule has 0 spiro atoms. The minimum atomic E-state index is -0.000895. The summed E-state index contributed by atoms with van der Waals surface area (Å²) in [5.41, 5.74) is 0.511. The second-order valence-electron chi connectivity index (χ2n) is 6.63. The van der Waals surface area contributed by atoms with E-state index >= 15 is 0 Å². The van der Waals surface area contributed by atoms with Gasteiger partial charge in [-0.25, -0.2) is 4.98 Å². The Hall–Kier alpha value is -1.67. The Morgan fingerprint density at radius 3 is 3.04 bits per heavy atom. The normalized spacial score (nSPS) is 23.5. The highest BCUT2D eigenvalue weighted by Crippen LogP contribution is 2.32. The monoisotopic (exact) mass is 366 g/mol. The van der Waals surface area contributed by atoms with Crippen LogP contribution in [0.5, 0.6) is 0 Å². The molecule has 2 atom stereocenters. The lowest BCUT2D eigenvalue weighted by atomic mass is 9.83. The smallest absolute Gasteiger partial charge is 0.273 e. The Labute approximate surface area is 152 Å². The van der Waals surface area contributed by atoms with Crippen LogP contribution in [0.4, 0.5) is 5.13 Å². The van der Waals surface area contributed by atoms with Crippen LogP contribution in [0.2, 0.25) is 0 Å². The maximum Gasteiger partial charge on any atom is 0.273 e. The molecule has 2 aliphatic rings. The van der Waals surface area contributed by atoms with Crippen LogP contribution < -0.4 is 5.32 Å². The van der Waals surface area contributed by atoms with Crippen molar-refractivity contribution in [1.82, 2.24) is 14.8 Å². The van der Waals surface area contributed by atoms with E-state index in [0.29, 0.717) is 37.7 Å². The number of rotatable bonds is 6. The van der Waals surface area contributed by atoms with Gasteiger partial charge in [-0.15, -0.1) is 11.3 Å². The highest BCUT2D eigenvalue weighted by molar-refractivity contribution is 7.13. The fraction of sp³-hybridized carbons (Fsp3) is 0.706. The van der Waals surface area contributed by atoms with Crippen molar-refractivity contribution < 1.29 is 14.3 Å². The van der Waals surface area contributed by atoms with Gasteiger partial charge in [-0.2, -0.15) is 0 Å². The number of aromatic nitrogens is 1. The van der Waals surface area contributed by atoms with Crippen molar-refractivity contribution in [2.75, 3.05) is 45.7 Å². The quantitative estimate of drug-likeness (QED) is 0.775. The highest BCUT2D eigenvalue weighted by Gasteiger charge is 2.40. The molecule has 0 saturated carbocycles. The Kier molecular flexibility index (Phi) is 5.90. The van der Waals surface area contributed by atoms with E-state index in [4.69, 9.17) is 4.74 Å². The molecule has 2 aliphatic heterocycles. The zero-order valence-corrected chi connectivity index (χ0v) is 15.7. The van der Waals surface area contributed by atoms with Crippen molar-refractivity contribution in [1.29, 1.82) is 0 Å². The first-order valence-electron chi connectivity index (χ1n) is 8.85. The average molecular weight is 366 g/mol. The van der Waals surface area contributed by atoms with Gasteiger partial charge in [0.25, 0.3) is 5.91 Å². The molecule has 25 heavy (non-hydrogen) atoms. The van der Waals surface area contributed by atoms with E-state index in [1.807, 2.05) is 15.2 Å². The Morgan fingerprint density at radius 2 is 2.32 bits per heavy atom. The minimum absolute atomic E-state index is 0.000895. The summed E-state index contributed by atoms with van der Waals surface area (Å²) in [6, 6.07) is 0.255. The van der Waals surface area contributed by atoms with Crippen molar-refractivity contribution in [2.24, 2.45) is 5.92 Å². The van der Waals surface area contributed by atoms with Gasteiger partial charge in [-0.05, 0) is 25.2 Å². The van der Waals surface area contributed by atoms with E-state index in [9.17, 15) is 9.59 Å². The summed E-state index contributed by atoms with van der Waals surface area (Å²) in [6.45, 7) is 2.81. The second-order valence-corrected chi connectivity index (χ2v) is 7.49. The summed E-state index contributed by atoms with van der Waals surface area (Å²) >= 11 is 1.44. The van der Waals surface area contributed by atoms with Crippen LogP contribution in [0.1, 0.15) is 36.2 Å². The molecule has 2 amide bonds. The van der Waals surface area contributed by atoms with Gasteiger partial charge >= 0.3 is 0 Å². The molecule has 3 rings (SSSR count). The largest absolute Gasteiger partial charge is 0.385 e. The molecule has 7 nitrogen and oxygen atoms in total. The van der Waals surface area contributed by atoms with Gasteiger partial charge in [0.1, 0.15) is 5.69 Å². The summed E-state index contributed by atoms with van der Waals surface area (Å²) in [5.74, 6) is 0.606. The van der Waals surface area contributed by atoms with Crippen molar-refractivity contribution in [2.45, 2.75) is 31.7 Å². The van der Waals surface area contributed by atoms with E-state index in [2.05, 4.69) is 10.3 Å². The van der Waals surface area contributed by atoms with Crippen LogP contribution in [0.15, 0.2) is 5.38 Å². The van der Waals surface area contributed by atoms with E-state index < -0.39 is 0 Å². The number of carbonyl (C=O) groups is 2. The summed E-state index contributed by atoms with van der Waals surface area (Å²) in [5, 5.41) is 5.53. The minimum Gasteiger partial charge on any atom is -0.385 e. The molecule has 1 aromatic heterocycles. The molecule has 0 radical (unpaired) electrons. The van der Waals surface area contributed by atoms with E-state index in [-0.39, 0.29) is 17.9 Å². The molecule has 0 unspecified atom stereocenters. The lowest BCUT2D eigenvalue weighted by Gasteiger charge is -2.47. The maximum absolute atomic E-state index is 12.7. The maximum atomic E-state index is 12.7. The summed E-state index contributed by atoms with van der Waals surface area (Å²) in [6.07, 6.45) is 3.15. The zero-order chi connectivity index (χ0) is 17.8. The Balaban J connectivity index is 1.63. The lowest BCUT2D eigenvalue weighted by molar-refractivity contribution is -0.140. The van der Waals surface area contributed by atoms with Crippen LogP contribution in [0.25, 0.3) is 0 Å². The number of thiazole rings is 1. The summed E-state index contributed by atoms with van der Waals surface area (Å²) < 4.78 is 5.11. The van der Waals surface area contributed by atoms with Crippen molar-refractivity contribution >= 4 is 28.3 Å². The number of anilines is 1. The number of hydrogen-bond donors (Lipinski definition) is 1. The third-order valence-corrected chi connectivity index (χ3v) is 5.98. The number of ether oxygens (including phenoxy) is 1. The lowest BCUT2D eigenvalue weighted by Crippen LogP contribution is -2.57. The molecule has 2 fully saturated rings. The molecule has 1 N–H and O–H groups in total. The molecule has 8 heteroatoms.